The Morgan fingerprint density at radius 2 is 2.25 bits per heavy atom. The van der Waals surface area contributed by atoms with Crippen LogP contribution in [0.1, 0.15) is 10.4 Å². The highest BCUT2D eigenvalue weighted by atomic mass is 35.5. The van der Waals surface area contributed by atoms with Crippen LogP contribution in [-0.4, -0.2) is 21.0 Å². The fourth-order valence-corrected chi connectivity index (χ4v) is 1.77. The maximum Gasteiger partial charge on any atom is 0.337 e. The summed E-state index contributed by atoms with van der Waals surface area (Å²) in [6.45, 7) is 0. The summed E-state index contributed by atoms with van der Waals surface area (Å²) in [6, 6.07) is 2.45. The third kappa shape index (κ3) is 1.40. The summed E-state index contributed by atoms with van der Waals surface area (Å²) in [5.41, 5.74) is -0.359. The molecule has 1 heterocycles. The lowest BCUT2D eigenvalue weighted by Gasteiger charge is -2.01. The van der Waals surface area contributed by atoms with Crippen molar-refractivity contribution in [3.05, 3.63) is 39.0 Å². The number of nitro groups is 1. The number of nitrogens with zero attached hydrogens (tertiary/aromatic N) is 1. The fraction of sp³-hybridized carbons (Fsp3) is 0. The Hall–Kier alpha value is -2.08. The van der Waals surface area contributed by atoms with Crippen LogP contribution in [0, 0.1) is 10.1 Å². The van der Waals surface area contributed by atoms with Crippen molar-refractivity contribution in [1.82, 2.24) is 4.98 Å². The molecule has 0 fully saturated rings. The molecule has 0 bridgehead atoms. The molecule has 0 aliphatic rings. The average molecular weight is 241 g/mol. The van der Waals surface area contributed by atoms with Crippen LogP contribution in [0.5, 0.6) is 0 Å². The van der Waals surface area contributed by atoms with Gasteiger partial charge >= 0.3 is 5.97 Å². The predicted molar refractivity (Wildman–Crippen MR) is 56.9 cm³/mol. The molecule has 0 atom stereocenters. The summed E-state index contributed by atoms with van der Waals surface area (Å²) in [7, 11) is 0. The minimum absolute atomic E-state index is 0.00523. The van der Waals surface area contributed by atoms with Gasteiger partial charge in [0.25, 0.3) is 5.69 Å². The van der Waals surface area contributed by atoms with E-state index in [9.17, 15) is 14.9 Å². The lowest BCUT2D eigenvalue weighted by Crippen LogP contribution is -2.00. The Bertz CT molecular complexity index is 605. The quantitative estimate of drug-likeness (QED) is 0.622. The molecule has 0 unspecified atom stereocenters. The number of carbonyl (C=O) groups is 1. The number of aromatic nitrogens is 1. The number of aromatic amines is 1. The zero-order valence-electron chi connectivity index (χ0n) is 7.73. The van der Waals surface area contributed by atoms with E-state index < -0.39 is 10.9 Å². The van der Waals surface area contributed by atoms with Gasteiger partial charge in [-0.3, -0.25) is 10.1 Å². The Labute approximate surface area is 93.6 Å². The maximum atomic E-state index is 10.8. The van der Waals surface area contributed by atoms with Crippen molar-refractivity contribution in [2.24, 2.45) is 0 Å². The predicted octanol–water partition coefficient (Wildman–Crippen LogP) is 2.43. The van der Waals surface area contributed by atoms with Crippen LogP contribution in [0.25, 0.3) is 10.9 Å². The highest BCUT2D eigenvalue weighted by Crippen LogP contribution is 2.33. The third-order valence-corrected chi connectivity index (χ3v) is 2.59. The number of nitrogens with one attached hydrogen (secondary N) is 1. The topological polar surface area (TPSA) is 96.2 Å². The second-order valence-corrected chi connectivity index (χ2v) is 3.46. The van der Waals surface area contributed by atoms with Crippen molar-refractivity contribution in [3.8, 4) is 0 Å². The van der Waals surface area contributed by atoms with Crippen LogP contribution < -0.4 is 0 Å². The molecule has 6 nitrogen and oxygen atoms in total. The van der Waals surface area contributed by atoms with E-state index in [2.05, 4.69) is 4.98 Å². The van der Waals surface area contributed by atoms with Gasteiger partial charge in [0.1, 0.15) is 5.52 Å². The highest BCUT2D eigenvalue weighted by Gasteiger charge is 2.22. The van der Waals surface area contributed by atoms with Gasteiger partial charge in [-0.05, 0) is 6.07 Å². The summed E-state index contributed by atoms with van der Waals surface area (Å²) in [6.07, 6.45) is 1.47. The van der Waals surface area contributed by atoms with Crippen molar-refractivity contribution in [1.29, 1.82) is 0 Å². The van der Waals surface area contributed by atoms with Crippen molar-refractivity contribution in [3.63, 3.8) is 0 Å². The Morgan fingerprint density at radius 1 is 1.56 bits per heavy atom. The molecule has 0 saturated carbocycles. The SMILES string of the molecule is O=C(O)c1cc([N+](=O)[O-])c2[nH]ccc2c1Cl. The zero-order valence-corrected chi connectivity index (χ0v) is 8.49. The molecule has 0 aliphatic heterocycles. The number of rotatable bonds is 2. The van der Waals surface area contributed by atoms with E-state index in [0.29, 0.717) is 5.39 Å². The van der Waals surface area contributed by atoms with E-state index in [1.807, 2.05) is 0 Å². The van der Waals surface area contributed by atoms with Gasteiger partial charge in [0, 0.05) is 17.6 Å². The molecular formula is C9H5ClN2O4. The summed E-state index contributed by atoms with van der Waals surface area (Å²) in [5, 5.41) is 19.9. The molecule has 1 aromatic heterocycles. The minimum Gasteiger partial charge on any atom is -0.478 e. The van der Waals surface area contributed by atoms with Crippen LogP contribution in [0.2, 0.25) is 5.02 Å². The van der Waals surface area contributed by atoms with E-state index in [0.717, 1.165) is 6.07 Å². The van der Waals surface area contributed by atoms with E-state index in [4.69, 9.17) is 16.7 Å². The van der Waals surface area contributed by atoms with Gasteiger partial charge in [0.05, 0.1) is 15.5 Å². The number of hydrogen-bond acceptors (Lipinski definition) is 3. The first-order valence-electron chi connectivity index (χ1n) is 4.19. The number of aromatic carboxylic acids is 1. The number of H-pyrrole nitrogens is 1. The standard InChI is InChI=1S/C9H5ClN2O4/c10-7-4-1-2-11-8(4)6(12(15)16)3-5(7)9(13)14/h1-3,11H,(H,13,14). The van der Waals surface area contributed by atoms with Gasteiger partial charge in [-0.2, -0.15) is 0 Å². The van der Waals surface area contributed by atoms with Gasteiger partial charge in [-0.15, -0.1) is 0 Å². The van der Waals surface area contributed by atoms with Crippen LogP contribution in [0.3, 0.4) is 0 Å². The number of carboxylic acid groups (broad SMARTS) is 1. The molecule has 2 N–H and O–H groups in total. The number of non-ortho nitro benzene ring substituents is 1. The first-order valence-corrected chi connectivity index (χ1v) is 4.57. The average Bonchev–Trinajstić information content (AvgIpc) is 2.66. The summed E-state index contributed by atoms with van der Waals surface area (Å²) >= 11 is 5.83. The molecule has 2 aromatic rings. The number of benzene rings is 1. The first kappa shape index (κ1) is 10.4. The molecule has 2 rings (SSSR count). The van der Waals surface area contributed by atoms with Crippen LogP contribution in [-0.2, 0) is 0 Å². The van der Waals surface area contributed by atoms with Crippen molar-refractivity contribution in [2.45, 2.75) is 0 Å². The van der Waals surface area contributed by atoms with Crippen LogP contribution in [0.4, 0.5) is 5.69 Å². The van der Waals surface area contributed by atoms with E-state index in [1.165, 1.54) is 12.3 Å². The molecule has 1 aromatic carbocycles. The van der Waals surface area contributed by atoms with Crippen LogP contribution in [0.15, 0.2) is 18.3 Å². The van der Waals surface area contributed by atoms with Crippen molar-refractivity contribution >= 4 is 34.2 Å². The number of hydrogen-bond donors (Lipinski definition) is 2. The fourth-order valence-electron chi connectivity index (χ4n) is 1.48. The van der Waals surface area contributed by atoms with Gasteiger partial charge in [0.2, 0.25) is 0 Å². The first-order chi connectivity index (χ1) is 7.52. The molecule has 0 aliphatic carbocycles. The maximum absolute atomic E-state index is 10.8. The molecule has 0 amide bonds. The molecule has 16 heavy (non-hydrogen) atoms. The molecule has 0 saturated heterocycles. The summed E-state index contributed by atoms with van der Waals surface area (Å²) in [5.74, 6) is -1.30. The van der Waals surface area contributed by atoms with Gasteiger partial charge in [0.15, 0.2) is 0 Å². The Balaban J connectivity index is 2.90. The van der Waals surface area contributed by atoms with Gasteiger partial charge < -0.3 is 10.1 Å². The smallest absolute Gasteiger partial charge is 0.337 e. The molecule has 7 heteroatoms. The summed E-state index contributed by atoms with van der Waals surface area (Å²) < 4.78 is 0. The molecule has 82 valence electrons. The largest absolute Gasteiger partial charge is 0.478 e. The second kappa shape index (κ2) is 3.49. The van der Waals surface area contributed by atoms with E-state index in [-0.39, 0.29) is 21.8 Å². The van der Waals surface area contributed by atoms with E-state index in [1.54, 1.807) is 0 Å². The minimum atomic E-state index is -1.30. The number of fused-ring (bicyclic) bond motifs is 1. The normalized spacial score (nSPS) is 10.6. The lowest BCUT2D eigenvalue weighted by molar-refractivity contribution is -0.383. The van der Waals surface area contributed by atoms with Gasteiger partial charge in [-0.1, -0.05) is 11.6 Å². The third-order valence-electron chi connectivity index (χ3n) is 2.18. The molecule has 0 spiro atoms. The van der Waals surface area contributed by atoms with Gasteiger partial charge in [-0.25, -0.2) is 4.79 Å². The van der Waals surface area contributed by atoms with Crippen molar-refractivity contribution in [2.75, 3.05) is 0 Å². The second-order valence-electron chi connectivity index (χ2n) is 3.09. The Morgan fingerprint density at radius 3 is 2.81 bits per heavy atom. The molecular weight excluding hydrogens is 236 g/mol. The van der Waals surface area contributed by atoms with Crippen molar-refractivity contribution < 1.29 is 14.8 Å². The number of halogens is 1. The monoisotopic (exact) mass is 240 g/mol. The summed E-state index contributed by atoms with van der Waals surface area (Å²) in [4.78, 5) is 23.6. The van der Waals surface area contributed by atoms with Crippen LogP contribution >= 0.6 is 11.6 Å². The number of nitro benzene ring substituents is 1. The zero-order chi connectivity index (χ0) is 11.9. The molecule has 0 radical (unpaired) electrons. The Kier molecular flexibility index (Phi) is 2.28. The van der Waals surface area contributed by atoms with E-state index >= 15 is 0 Å². The highest BCUT2D eigenvalue weighted by molar-refractivity contribution is 6.38. The number of carboxylic acids is 1. The lowest BCUT2D eigenvalue weighted by atomic mass is 10.1.